The van der Waals surface area contributed by atoms with Gasteiger partial charge in [0.15, 0.2) is 5.78 Å². The Labute approximate surface area is 140 Å². The Hall–Kier alpha value is -2.95. The standard InChI is InChI=1S/C19H18N2O3/c1-14(22)2-3-15-4-6-16(7-5-15)13-20-11-10-17-12-18(21(23)24)8-9-19(17)20/h2-9,12H,10-11,13H2,1H3/b3-2+. The van der Waals surface area contributed by atoms with E-state index in [4.69, 9.17) is 0 Å². The predicted octanol–water partition coefficient (Wildman–Crippen LogP) is 3.76. The van der Waals surface area contributed by atoms with Crippen molar-refractivity contribution in [1.82, 2.24) is 0 Å². The van der Waals surface area contributed by atoms with Gasteiger partial charge in [-0.05, 0) is 42.2 Å². The first-order chi connectivity index (χ1) is 11.5. The topological polar surface area (TPSA) is 63.5 Å². The van der Waals surface area contributed by atoms with E-state index in [2.05, 4.69) is 4.90 Å². The monoisotopic (exact) mass is 322 g/mol. The van der Waals surface area contributed by atoms with E-state index in [0.29, 0.717) is 0 Å². The van der Waals surface area contributed by atoms with Crippen LogP contribution in [0.2, 0.25) is 0 Å². The molecule has 2 aromatic carbocycles. The Morgan fingerprint density at radius 3 is 2.67 bits per heavy atom. The summed E-state index contributed by atoms with van der Waals surface area (Å²) in [6.07, 6.45) is 4.19. The molecule has 5 nitrogen and oxygen atoms in total. The van der Waals surface area contributed by atoms with Gasteiger partial charge in [-0.2, -0.15) is 0 Å². The molecule has 0 fully saturated rings. The van der Waals surface area contributed by atoms with E-state index in [9.17, 15) is 14.9 Å². The molecule has 1 heterocycles. The lowest BCUT2D eigenvalue weighted by molar-refractivity contribution is -0.384. The number of nitro groups is 1. The van der Waals surface area contributed by atoms with Crippen molar-refractivity contribution in [3.63, 3.8) is 0 Å². The number of anilines is 1. The molecule has 0 aromatic heterocycles. The van der Waals surface area contributed by atoms with Crippen LogP contribution in [0.4, 0.5) is 11.4 Å². The number of hydrogen-bond donors (Lipinski definition) is 0. The Morgan fingerprint density at radius 2 is 2.00 bits per heavy atom. The van der Waals surface area contributed by atoms with Gasteiger partial charge in [0.1, 0.15) is 0 Å². The lowest BCUT2D eigenvalue weighted by Crippen LogP contribution is -2.19. The molecule has 1 aliphatic heterocycles. The second-order valence-electron chi connectivity index (χ2n) is 5.93. The minimum Gasteiger partial charge on any atom is -0.367 e. The maximum atomic E-state index is 11.0. The molecule has 0 saturated carbocycles. The average Bonchev–Trinajstić information content (AvgIpc) is 2.96. The highest BCUT2D eigenvalue weighted by atomic mass is 16.6. The molecule has 0 spiro atoms. The summed E-state index contributed by atoms with van der Waals surface area (Å²) in [6, 6.07) is 13.1. The molecular weight excluding hydrogens is 304 g/mol. The van der Waals surface area contributed by atoms with E-state index < -0.39 is 0 Å². The molecule has 0 N–H and O–H groups in total. The molecular formula is C19H18N2O3. The number of ketones is 1. The Bertz CT molecular complexity index is 810. The smallest absolute Gasteiger partial charge is 0.269 e. The van der Waals surface area contributed by atoms with Crippen LogP contribution in [0.25, 0.3) is 6.08 Å². The molecule has 2 aromatic rings. The Kier molecular flexibility index (Phi) is 4.42. The zero-order chi connectivity index (χ0) is 17.1. The number of nitro benzene ring substituents is 1. The maximum absolute atomic E-state index is 11.0. The molecule has 0 amide bonds. The van der Waals surface area contributed by atoms with Crippen LogP contribution in [-0.4, -0.2) is 17.3 Å². The molecule has 1 aliphatic rings. The van der Waals surface area contributed by atoms with Crippen molar-refractivity contribution in [3.05, 3.63) is 75.3 Å². The molecule has 0 aliphatic carbocycles. The number of rotatable bonds is 5. The van der Waals surface area contributed by atoms with Gasteiger partial charge in [-0.1, -0.05) is 30.3 Å². The predicted molar refractivity (Wildman–Crippen MR) is 94.0 cm³/mol. The molecule has 122 valence electrons. The fourth-order valence-corrected chi connectivity index (χ4v) is 2.90. The van der Waals surface area contributed by atoms with E-state index in [-0.39, 0.29) is 16.4 Å². The van der Waals surface area contributed by atoms with Gasteiger partial charge < -0.3 is 4.90 Å². The Morgan fingerprint density at radius 1 is 1.25 bits per heavy atom. The summed E-state index contributed by atoms with van der Waals surface area (Å²) in [4.78, 5) is 23.7. The number of hydrogen-bond acceptors (Lipinski definition) is 4. The van der Waals surface area contributed by atoms with Crippen LogP contribution in [0, 0.1) is 10.1 Å². The van der Waals surface area contributed by atoms with Crippen molar-refractivity contribution in [2.75, 3.05) is 11.4 Å². The highest BCUT2D eigenvalue weighted by Gasteiger charge is 2.21. The lowest BCUT2D eigenvalue weighted by Gasteiger charge is -2.19. The fraction of sp³-hybridized carbons (Fsp3) is 0.211. The van der Waals surface area contributed by atoms with Gasteiger partial charge in [-0.15, -0.1) is 0 Å². The summed E-state index contributed by atoms with van der Waals surface area (Å²) in [5, 5.41) is 10.9. The van der Waals surface area contributed by atoms with Gasteiger partial charge in [-0.25, -0.2) is 0 Å². The number of non-ortho nitro benzene ring substituents is 1. The van der Waals surface area contributed by atoms with E-state index >= 15 is 0 Å². The molecule has 0 radical (unpaired) electrons. The number of fused-ring (bicyclic) bond motifs is 1. The summed E-state index contributed by atoms with van der Waals surface area (Å²) >= 11 is 0. The SMILES string of the molecule is CC(=O)/C=C/c1ccc(CN2CCc3cc([N+](=O)[O-])ccc32)cc1. The molecule has 0 bridgehead atoms. The summed E-state index contributed by atoms with van der Waals surface area (Å²) in [6.45, 7) is 3.16. The van der Waals surface area contributed by atoms with Crippen LogP contribution < -0.4 is 4.90 Å². The van der Waals surface area contributed by atoms with Crippen LogP contribution in [0.15, 0.2) is 48.5 Å². The van der Waals surface area contributed by atoms with Crippen molar-refractivity contribution in [1.29, 1.82) is 0 Å². The van der Waals surface area contributed by atoms with E-state index in [1.807, 2.05) is 30.3 Å². The van der Waals surface area contributed by atoms with E-state index in [1.165, 1.54) is 12.5 Å². The van der Waals surface area contributed by atoms with Crippen LogP contribution in [0.5, 0.6) is 0 Å². The molecule has 0 saturated heterocycles. The summed E-state index contributed by atoms with van der Waals surface area (Å²) < 4.78 is 0. The minimum absolute atomic E-state index is 0.0295. The quantitative estimate of drug-likeness (QED) is 0.478. The largest absolute Gasteiger partial charge is 0.367 e. The van der Waals surface area contributed by atoms with Gasteiger partial charge in [0.2, 0.25) is 0 Å². The third-order valence-corrected chi connectivity index (χ3v) is 4.13. The van der Waals surface area contributed by atoms with Crippen LogP contribution in [0.1, 0.15) is 23.6 Å². The van der Waals surface area contributed by atoms with E-state index in [1.54, 1.807) is 24.3 Å². The molecule has 3 rings (SSSR count). The van der Waals surface area contributed by atoms with Gasteiger partial charge >= 0.3 is 0 Å². The zero-order valence-electron chi connectivity index (χ0n) is 13.4. The van der Waals surface area contributed by atoms with Gasteiger partial charge in [0.25, 0.3) is 5.69 Å². The number of nitrogens with zero attached hydrogens (tertiary/aromatic N) is 2. The van der Waals surface area contributed by atoms with Crippen molar-refractivity contribution in [2.24, 2.45) is 0 Å². The molecule has 0 unspecified atom stereocenters. The van der Waals surface area contributed by atoms with Crippen molar-refractivity contribution >= 4 is 23.2 Å². The molecule has 24 heavy (non-hydrogen) atoms. The maximum Gasteiger partial charge on any atom is 0.269 e. The summed E-state index contributed by atoms with van der Waals surface area (Å²) in [7, 11) is 0. The third-order valence-electron chi connectivity index (χ3n) is 4.13. The number of allylic oxidation sites excluding steroid dienone is 1. The molecule has 5 heteroatoms. The highest BCUT2D eigenvalue weighted by molar-refractivity contribution is 5.91. The fourth-order valence-electron chi connectivity index (χ4n) is 2.90. The lowest BCUT2D eigenvalue weighted by atomic mass is 10.1. The normalized spacial score (nSPS) is 13.3. The first-order valence-corrected chi connectivity index (χ1v) is 7.83. The van der Waals surface area contributed by atoms with Crippen molar-refractivity contribution in [2.45, 2.75) is 19.9 Å². The second-order valence-corrected chi connectivity index (χ2v) is 5.93. The zero-order valence-corrected chi connectivity index (χ0v) is 13.4. The number of carbonyl (C=O) groups excluding carboxylic acids is 1. The van der Waals surface area contributed by atoms with Crippen LogP contribution in [-0.2, 0) is 17.8 Å². The van der Waals surface area contributed by atoms with Crippen LogP contribution in [0.3, 0.4) is 0 Å². The van der Waals surface area contributed by atoms with Crippen molar-refractivity contribution in [3.8, 4) is 0 Å². The van der Waals surface area contributed by atoms with Crippen LogP contribution >= 0.6 is 0 Å². The second kappa shape index (κ2) is 6.66. The first kappa shape index (κ1) is 15.9. The summed E-state index contributed by atoms with van der Waals surface area (Å²) in [5.74, 6) is 0.0295. The first-order valence-electron chi connectivity index (χ1n) is 7.83. The van der Waals surface area contributed by atoms with Gasteiger partial charge in [0.05, 0.1) is 4.92 Å². The number of carbonyl (C=O) groups is 1. The average molecular weight is 322 g/mol. The van der Waals surface area contributed by atoms with E-state index in [0.717, 1.165) is 36.3 Å². The highest BCUT2D eigenvalue weighted by Crippen LogP contribution is 2.32. The third kappa shape index (κ3) is 3.51. The Balaban J connectivity index is 1.72. The van der Waals surface area contributed by atoms with Crippen molar-refractivity contribution < 1.29 is 9.72 Å². The number of benzene rings is 2. The molecule has 0 atom stereocenters. The van der Waals surface area contributed by atoms with Gasteiger partial charge in [0, 0.05) is 30.9 Å². The van der Waals surface area contributed by atoms with Gasteiger partial charge in [-0.3, -0.25) is 14.9 Å². The minimum atomic E-state index is -0.351. The summed E-state index contributed by atoms with van der Waals surface area (Å²) in [5.41, 5.74) is 4.41.